The van der Waals surface area contributed by atoms with Crippen molar-refractivity contribution in [3.05, 3.63) is 0 Å². The highest BCUT2D eigenvalue weighted by molar-refractivity contribution is 4.92. The summed E-state index contributed by atoms with van der Waals surface area (Å²) in [5.74, 6) is 0. The second-order valence-electron chi connectivity index (χ2n) is 3.31. The third-order valence-electron chi connectivity index (χ3n) is 2.54. The zero-order valence-corrected chi connectivity index (χ0v) is 7.97. The van der Waals surface area contributed by atoms with E-state index in [-0.39, 0.29) is 6.61 Å². The third-order valence-corrected chi connectivity index (χ3v) is 2.54. The van der Waals surface area contributed by atoms with Crippen molar-refractivity contribution in [1.29, 1.82) is 0 Å². The summed E-state index contributed by atoms with van der Waals surface area (Å²) in [5.41, 5.74) is -1.11. The van der Waals surface area contributed by atoms with Crippen LogP contribution in [0.5, 0.6) is 0 Å². The maximum atomic E-state index is 9.05. The SMILES string of the molecule is COC(C)(C)C(C)(CO)OC. The Morgan fingerprint density at radius 1 is 1.09 bits per heavy atom. The Kier molecular flexibility index (Phi) is 3.48. The molecule has 1 unspecified atom stereocenters. The Balaban J connectivity index is 4.47. The lowest BCUT2D eigenvalue weighted by Crippen LogP contribution is -2.53. The van der Waals surface area contributed by atoms with Gasteiger partial charge in [0.15, 0.2) is 0 Å². The molecule has 0 fully saturated rings. The van der Waals surface area contributed by atoms with Gasteiger partial charge in [-0.2, -0.15) is 0 Å². The molecule has 0 spiro atoms. The predicted molar refractivity (Wildman–Crippen MR) is 43.6 cm³/mol. The molecule has 0 bridgehead atoms. The number of aliphatic hydroxyl groups excluding tert-OH is 1. The van der Waals surface area contributed by atoms with Gasteiger partial charge in [-0.25, -0.2) is 0 Å². The fraction of sp³-hybridized carbons (Fsp3) is 1.00. The van der Waals surface area contributed by atoms with Crippen LogP contribution in [0.1, 0.15) is 20.8 Å². The normalized spacial score (nSPS) is 18.0. The van der Waals surface area contributed by atoms with Crippen LogP contribution in [0.3, 0.4) is 0 Å². The lowest BCUT2D eigenvalue weighted by molar-refractivity contribution is -0.176. The molecular weight excluding hydrogens is 144 g/mol. The Bertz CT molecular complexity index is 117. The molecule has 0 aliphatic carbocycles. The van der Waals surface area contributed by atoms with Crippen molar-refractivity contribution in [3.63, 3.8) is 0 Å². The highest BCUT2D eigenvalue weighted by Gasteiger charge is 2.41. The fourth-order valence-electron chi connectivity index (χ4n) is 0.717. The van der Waals surface area contributed by atoms with Gasteiger partial charge in [-0.15, -0.1) is 0 Å². The first-order valence-electron chi connectivity index (χ1n) is 3.64. The fourth-order valence-corrected chi connectivity index (χ4v) is 0.717. The molecule has 0 heterocycles. The molecule has 1 atom stereocenters. The van der Waals surface area contributed by atoms with Crippen molar-refractivity contribution >= 4 is 0 Å². The smallest absolute Gasteiger partial charge is 0.116 e. The van der Waals surface area contributed by atoms with E-state index in [0.717, 1.165) is 0 Å². The monoisotopic (exact) mass is 162 g/mol. The van der Waals surface area contributed by atoms with E-state index in [0.29, 0.717) is 0 Å². The maximum absolute atomic E-state index is 9.05. The van der Waals surface area contributed by atoms with Gasteiger partial charge >= 0.3 is 0 Å². The van der Waals surface area contributed by atoms with Gasteiger partial charge in [0.25, 0.3) is 0 Å². The van der Waals surface area contributed by atoms with Crippen molar-refractivity contribution in [2.24, 2.45) is 0 Å². The molecule has 3 nitrogen and oxygen atoms in total. The molecule has 0 rings (SSSR count). The van der Waals surface area contributed by atoms with Gasteiger partial charge in [0.05, 0.1) is 12.2 Å². The van der Waals surface area contributed by atoms with Gasteiger partial charge in [-0.05, 0) is 20.8 Å². The number of methoxy groups -OCH3 is 2. The van der Waals surface area contributed by atoms with Crippen molar-refractivity contribution in [1.82, 2.24) is 0 Å². The molecule has 0 aliphatic rings. The summed E-state index contributed by atoms with van der Waals surface area (Å²) in [6.45, 7) is 5.53. The number of rotatable bonds is 4. The van der Waals surface area contributed by atoms with Crippen LogP contribution in [-0.4, -0.2) is 37.1 Å². The van der Waals surface area contributed by atoms with Crippen molar-refractivity contribution in [2.75, 3.05) is 20.8 Å². The first kappa shape index (κ1) is 10.9. The number of hydrogen-bond donors (Lipinski definition) is 1. The summed E-state index contributed by atoms with van der Waals surface area (Å²) < 4.78 is 10.4. The summed E-state index contributed by atoms with van der Waals surface area (Å²) in [7, 11) is 3.17. The van der Waals surface area contributed by atoms with Gasteiger partial charge in [0, 0.05) is 14.2 Å². The molecular formula is C8H18O3. The first-order chi connectivity index (χ1) is 4.93. The van der Waals surface area contributed by atoms with Crippen LogP contribution in [0.25, 0.3) is 0 Å². The topological polar surface area (TPSA) is 38.7 Å². The Labute approximate surface area is 68.3 Å². The summed E-state index contributed by atoms with van der Waals surface area (Å²) in [6.07, 6.45) is 0. The van der Waals surface area contributed by atoms with Crippen LogP contribution in [0.15, 0.2) is 0 Å². The second-order valence-corrected chi connectivity index (χ2v) is 3.31. The minimum atomic E-state index is -0.637. The van der Waals surface area contributed by atoms with Gasteiger partial charge < -0.3 is 14.6 Å². The predicted octanol–water partition coefficient (Wildman–Crippen LogP) is 0.809. The number of aliphatic hydroxyl groups is 1. The summed E-state index contributed by atoms with van der Waals surface area (Å²) in [4.78, 5) is 0. The zero-order chi connectivity index (χ0) is 9.12. The van der Waals surface area contributed by atoms with E-state index in [9.17, 15) is 0 Å². The quantitative estimate of drug-likeness (QED) is 0.664. The largest absolute Gasteiger partial charge is 0.393 e. The van der Waals surface area contributed by atoms with E-state index < -0.39 is 11.2 Å². The van der Waals surface area contributed by atoms with Crippen LogP contribution >= 0.6 is 0 Å². The van der Waals surface area contributed by atoms with E-state index in [1.165, 1.54) is 0 Å². The van der Waals surface area contributed by atoms with Crippen LogP contribution in [-0.2, 0) is 9.47 Å². The summed E-state index contributed by atoms with van der Waals surface area (Å²) in [5, 5.41) is 9.05. The lowest BCUT2D eigenvalue weighted by Gasteiger charge is -2.40. The van der Waals surface area contributed by atoms with E-state index in [2.05, 4.69) is 0 Å². The van der Waals surface area contributed by atoms with E-state index in [4.69, 9.17) is 14.6 Å². The summed E-state index contributed by atoms with van der Waals surface area (Å²) >= 11 is 0. The Hall–Kier alpha value is -0.120. The molecule has 0 aliphatic heterocycles. The van der Waals surface area contributed by atoms with E-state index >= 15 is 0 Å². The lowest BCUT2D eigenvalue weighted by atomic mass is 9.88. The van der Waals surface area contributed by atoms with Crippen LogP contribution in [0.2, 0.25) is 0 Å². The standard InChI is InChI=1S/C8H18O3/c1-7(2,10-4)8(3,6-9)11-5/h9H,6H2,1-5H3. The Morgan fingerprint density at radius 3 is 1.64 bits per heavy atom. The minimum Gasteiger partial charge on any atom is -0.393 e. The molecule has 0 aromatic rings. The number of ether oxygens (including phenoxy) is 2. The molecule has 0 aromatic carbocycles. The molecule has 1 N–H and O–H groups in total. The van der Waals surface area contributed by atoms with Gasteiger partial charge in [-0.1, -0.05) is 0 Å². The molecule has 11 heavy (non-hydrogen) atoms. The molecule has 0 radical (unpaired) electrons. The Morgan fingerprint density at radius 2 is 1.55 bits per heavy atom. The molecule has 0 saturated carbocycles. The molecule has 0 aromatic heterocycles. The molecule has 68 valence electrons. The average molecular weight is 162 g/mol. The van der Waals surface area contributed by atoms with Crippen LogP contribution in [0, 0.1) is 0 Å². The zero-order valence-electron chi connectivity index (χ0n) is 7.97. The van der Waals surface area contributed by atoms with Crippen molar-refractivity contribution < 1.29 is 14.6 Å². The van der Waals surface area contributed by atoms with Gasteiger partial charge in [0.2, 0.25) is 0 Å². The van der Waals surface area contributed by atoms with Gasteiger partial charge in [0.1, 0.15) is 5.60 Å². The number of hydrogen-bond acceptors (Lipinski definition) is 3. The molecule has 0 saturated heterocycles. The second kappa shape index (κ2) is 3.52. The molecule has 0 amide bonds. The average Bonchev–Trinajstić information content (AvgIpc) is 2.02. The van der Waals surface area contributed by atoms with Crippen molar-refractivity contribution in [2.45, 2.75) is 32.0 Å². The van der Waals surface area contributed by atoms with E-state index in [1.54, 1.807) is 14.2 Å². The first-order valence-corrected chi connectivity index (χ1v) is 3.64. The highest BCUT2D eigenvalue weighted by atomic mass is 16.6. The van der Waals surface area contributed by atoms with Gasteiger partial charge in [-0.3, -0.25) is 0 Å². The third kappa shape index (κ3) is 1.92. The minimum absolute atomic E-state index is 0.0513. The van der Waals surface area contributed by atoms with Crippen molar-refractivity contribution in [3.8, 4) is 0 Å². The highest BCUT2D eigenvalue weighted by Crippen LogP contribution is 2.27. The van der Waals surface area contributed by atoms with E-state index in [1.807, 2.05) is 20.8 Å². The summed E-state index contributed by atoms with van der Waals surface area (Å²) in [6, 6.07) is 0. The maximum Gasteiger partial charge on any atom is 0.116 e. The molecule has 3 heteroatoms. The van der Waals surface area contributed by atoms with Crippen LogP contribution < -0.4 is 0 Å². The van der Waals surface area contributed by atoms with Crippen LogP contribution in [0.4, 0.5) is 0 Å².